The molecule has 0 atom stereocenters. The van der Waals surface area contributed by atoms with Crippen molar-refractivity contribution in [2.75, 3.05) is 0 Å². The number of Topliss-reactive ketones (excluding diaryl/α,β-unsaturated/α-hetero) is 1. The van der Waals surface area contributed by atoms with Crippen LogP contribution in [-0.2, 0) is 4.79 Å². The van der Waals surface area contributed by atoms with Gasteiger partial charge < -0.3 is 4.79 Å². The van der Waals surface area contributed by atoms with Crippen LogP contribution in [-0.4, -0.2) is 5.78 Å². The Hall–Kier alpha value is -0.890. The van der Waals surface area contributed by atoms with Crippen LogP contribution in [0.4, 0.5) is 0 Å². The lowest BCUT2D eigenvalue weighted by Gasteiger charge is -2.07. The molecule has 0 aliphatic heterocycles. The second kappa shape index (κ2) is 6.64. The molecule has 0 N–H and O–H groups in total. The van der Waals surface area contributed by atoms with Crippen LogP contribution in [0.1, 0.15) is 38.7 Å². The van der Waals surface area contributed by atoms with E-state index in [1.807, 2.05) is 12.1 Å². The molecule has 1 nitrogen and oxygen atoms in total. The number of hydrogen-bond acceptors (Lipinski definition) is 1. The van der Waals surface area contributed by atoms with Gasteiger partial charge in [-0.3, -0.25) is 0 Å². The maximum absolute atomic E-state index is 11.0. The minimum atomic E-state index is 0.247. The first-order valence-corrected chi connectivity index (χ1v) is 6.37. The van der Waals surface area contributed by atoms with Gasteiger partial charge in [0.1, 0.15) is 5.78 Å². The summed E-state index contributed by atoms with van der Waals surface area (Å²) in [5, 5.41) is 0. The first-order valence-electron chi connectivity index (χ1n) is 5.58. The van der Waals surface area contributed by atoms with E-state index < -0.39 is 0 Å². The van der Waals surface area contributed by atoms with Crippen LogP contribution >= 0.6 is 15.9 Å². The fourth-order valence-corrected chi connectivity index (χ4v) is 2.01. The second-order valence-corrected chi connectivity index (χ2v) is 4.77. The standard InChI is InChI=1S/C14H17BrO/c1-3-5-12(9-8-11(2)16)13-6-4-7-14(15)10-13/h4-7,10H,3,8-9H2,1-2H3/b12-5-. The Morgan fingerprint density at radius 1 is 1.38 bits per heavy atom. The molecular formula is C14H17BrO. The molecule has 0 unspecified atom stereocenters. The number of ketones is 1. The van der Waals surface area contributed by atoms with E-state index in [9.17, 15) is 4.79 Å². The summed E-state index contributed by atoms with van der Waals surface area (Å²) in [6.07, 6.45) is 4.66. The highest BCUT2D eigenvalue weighted by Gasteiger charge is 2.03. The summed E-state index contributed by atoms with van der Waals surface area (Å²) in [7, 11) is 0. The van der Waals surface area contributed by atoms with Crippen molar-refractivity contribution in [1.29, 1.82) is 0 Å². The Balaban J connectivity index is 2.85. The molecule has 2 heteroatoms. The zero-order chi connectivity index (χ0) is 12.0. The molecule has 0 saturated heterocycles. The van der Waals surface area contributed by atoms with Crippen LogP contribution in [0.15, 0.2) is 34.8 Å². The van der Waals surface area contributed by atoms with E-state index in [0.717, 1.165) is 17.3 Å². The molecule has 0 spiro atoms. The van der Waals surface area contributed by atoms with E-state index in [1.165, 1.54) is 11.1 Å². The van der Waals surface area contributed by atoms with Gasteiger partial charge in [0.15, 0.2) is 0 Å². The number of allylic oxidation sites excluding steroid dienone is 2. The monoisotopic (exact) mass is 280 g/mol. The molecule has 0 amide bonds. The number of carbonyl (C=O) groups excluding carboxylic acids is 1. The highest BCUT2D eigenvalue weighted by molar-refractivity contribution is 9.10. The third kappa shape index (κ3) is 4.31. The van der Waals surface area contributed by atoms with Crippen molar-refractivity contribution in [3.8, 4) is 0 Å². The molecule has 0 aliphatic carbocycles. The summed E-state index contributed by atoms with van der Waals surface area (Å²) in [5.41, 5.74) is 2.47. The Labute approximate surface area is 106 Å². The van der Waals surface area contributed by atoms with Gasteiger partial charge in [-0.1, -0.05) is 41.1 Å². The van der Waals surface area contributed by atoms with Crippen LogP contribution in [0.2, 0.25) is 0 Å². The van der Waals surface area contributed by atoms with E-state index in [1.54, 1.807) is 6.92 Å². The lowest BCUT2D eigenvalue weighted by Crippen LogP contribution is -1.92. The topological polar surface area (TPSA) is 17.1 Å². The highest BCUT2D eigenvalue weighted by atomic mass is 79.9. The smallest absolute Gasteiger partial charge is 0.130 e. The van der Waals surface area contributed by atoms with Crippen molar-refractivity contribution in [2.24, 2.45) is 0 Å². The van der Waals surface area contributed by atoms with Gasteiger partial charge in [-0.2, -0.15) is 0 Å². The number of hydrogen-bond donors (Lipinski definition) is 0. The molecule has 0 bridgehead atoms. The third-order valence-corrected chi connectivity index (χ3v) is 2.89. The van der Waals surface area contributed by atoms with E-state index in [-0.39, 0.29) is 5.78 Å². The summed E-state index contributed by atoms with van der Waals surface area (Å²) in [6.45, 7) is 3.76. The minimum absolute atomic E-state index is 0.247. The van der Waals surface area contributed by atoms with Crippen LogP contribution < -0.4 is 0 Å². The lowest BCUT2D eigenvalue weighted by molar-refractivity contribution is -0.116. The Bertz CT molecular complexity index is 393. The highest BCUT2D eigenvalue weighted by Crippen LogP contribution is 2.23. The summed E-state index contributed by atoms with van der Waals surface area (Å²) in [6, 6.07) is 8.22. The fourth-order valence-electron chi connectivity index (χ4n) is 1.61. The van der Waals surface area contributed by atoms with E-state index >= 15 is 0 Å². The molecule has 1 rings (SSSR count). The molecule has 1 aromatic carbocycles. The number of benzene rings is 1. The number of rotatable bonds is 5. The first-order chi connectivity index (χ1) is 7.63. The molecule has 16 heavy (non-hydrogen) atoms. The third-order valence-electron chi connectivity index (χ3n) is 2.39. The quantitative estimate of drug-likeness (QED) is 0.770. The van der Waals surface area contributed by atoms with Gasteiger partial charge in [-0.25, -0.2) is 0 Å². The normalized spacial score (nSPS) is 11.6. The van der Waals surface area contributed by atoms with Gasteiger partial charge in [-0.05, 0) is 43.0 Å². The molecule has 0 saturated carbocycles. The van der Waals surface area contributed by atoms with Crippen LogP contribution in [0.5, 0.6) is 0 Å². The Morgan fingerprint density at radius 2 is 2.12 bits per heavy atom. The van der Waals surface area contributed by atoms with Crippen LogP contribution in [0.3, 0.4) is 0 Å². The predicted octanol–water partition coefficient (Wildman–Crippen LogP) is 4.61. The molecule has 0 fully saturated rings. The van der Waals surface area contributed by atoms with E-state index in [0.29, 0.717) is 6.42 Å². The van der Waals surface area contributed by atoms with Crippen LogP contribution in [0, 0.1) is 0 Å². The van der Waals surface area contributed by atoms with Crippen LogP contribution in [0.25, 0.3) is 5.57 Å². The number of carbonyl (C=O) groups is 1. The SMILES string of the molecule is CC/C=C(/CCC(C)=O)c1cccc(Br)c1. The van der Waals surface area contributed by atoms with Crippen molar-refractivity contribution in [2.45, 2.75) is 33.1 Å². The molecule has 0 aromatic heterocycles. The van der Waals surface area contributed by atoms with Crippen molar-refractivity contribution in [3.63, 3.8) is 0 Å². The van der Waals surface area contributed by atoms with Crippen molar-refractivity contribution in [3.05, 3.63) is 40.4 Å². The number of halogens is 1. The van der Waals surface area contributed by atoms with Gasteiger partial charge in [0.25, 0.3) is 0 Å². The second-order valence-electron chi connectivity index (χ2n) is 3.85. The maximum Gasteiger partial charge on any atom is 0.130 e. The Morgan fingerprint density at radius 3 is 2.69 bits per heavy atom. The van der Waals surface area contributed by atoms with Gasteiger partial charge in [0, 0.05) is 10.9 Å². The minimum Gasteiger partial charge on any atom is -0.300 e. The molecular weight excluding hydrogens is 264 g/mol. The van der Waals surface area contributed by atoms with Crippen molar-refractivity contribution >= 4 is 27.3 Å². The predicted molar refractivity (Wildman–Crippen MR) is 72.3 cm³/mol. The van der Waals surface area contributed by atoms with Crippen molar-refractivity contribution < 1.29 is 4.79 Å². The van der Waals surface area contributed by atoms with Crippen molar-refractivity contribution in [1.82, 2.24) is 0 Å². The average molecular weight is 281 g/mol. The summed E-state index contributed by atoms with van der Waals surface area (Å²) >= 11 is 3.47. The summed E-state index contributed by atoms with van der Waals surface area (Å²) < 4.78 is 1.08. The molecule has 0 aliphatic rings. The summed E-state index contributed by atoms with van der Waals surface area (Å²) in [5.74, 6) is 0.247. The van der Waals surface area contributed by atoms with Gasteiger partial charge in [-0.15, -0.1) is 0 Å². The molecule has 0 heterocycles. The molecule has 86 valence electrons. The largest absolute Gasteiger partial charge is 0.300 e. The van der Waals surface area contributed by atoms with E-state index in [4.69, 9.17) is 0 Å². The zero-order valence-corrected chi connectivity index (χ0v) is 11.4. The average Bonchev–Trinajstić information content (AvgIpc) is 2.24. The Kier molecular flexibility index (Phi) is 5.47. The van der Waals surface area contributed by atoms with Gasteiger partial charge in [0.2, 0.25) is 0 Å². The zero-order valence-electron chi connectivity index (χ0n) is 9.79. The molecule has 1 aromatic rings. The lowest BCUT2D eigenvalue weighted by atomic mass is 9.99. The maximum atomic E-state index is 11.0. The first kappa shape index (κ1) is 13.2. The van der Waals surface area contributed by atoms with Gasteiger partial charge in [0.05, 0.1) is 0 Å². The van der Waals surface area contributed by atoms with Gasteiger partial charge >= 0.3 is 0 Å². The fraction of sp³-hybridized carbons (Fsp3) is 0.357. The van der Waals surface area contributed by atoms with E-state index in [2.05, 4.69) is 41.1 Å². The molecule has 0 radical (unpaired) electrons. The summed E-state index contributed by atoms with van der Waals surface area (Å²) in [4.78, 5) is 11.0.